The number of carboxylic acid groups (broad SMARTS) is 1. The van der Waals surface area contributed by atoms with E-state index < -0.39 is 12.7 Å². The van der Waals surface area contributed by atoms with Crippen molar-refractivity contribution in [2.24, 2.45) is 5.92 Å². The van der Waals surface area contributed by atoms with Crippen molar-refractivity contribution in [2.45, 2.75) is 31.7 Å². The molecular formula is C18H23BN2O7-2. The van der Waals surface area contributed by atoms with Crippen LogP contribution in [-0.4, -0.2) is 65.9 Å². The van der Waals surface area contributed by atoms with E-state index in [2.05, 4.69) is 5.32 Å². The Hall–Kier alpha value is -2.30. The third-order valence-electron chi connectivity index (χ3n) is 5.62. The molecule has 28 heavy (non-hydrogen) atoms. The average molecular weight is 390 g/mol. The van der Waals surface area contributed by atoms with E-state index >= 15 is 0 Å². The van der Waals surface area contributed by atoms with E-state index in [4.69, 9.17) is 9.39 Å². The lowest BCUT2D eigenvalue weighted by Gasteiger charge is -2.41. The minimum Gasteiger partial charge on any atom is -0.669 e. The van der Waals surface area contributed by atoms with Crippen LogP contribution in [-0.2, 0) is 11.2 Å². The third kappa shape index (κ3) is 3.80. The lowest BCUT2D eigenvalue weighted by Crippen LogP contribution is -2.56. The number of nitrogens with zero attached hydrogens (tertiary/aromatic N) is 1. The highest BCUT2D eigenvalue weighted by atomic mass is 16.6. The van der Waals surface area contributed by atoms with E-state index in [0.29, 0.717) is 31.0 Å². The van der Waals surface area contributed by atoms with Gasteiger partial charge in [-0.1, -0.05) is 12.4 Å². The second kappa shape index (κ2) is 7.27. The molecule has 0 saturated carbocycles. The van der Waals surface area contributed by atoms with Gasteiger partial charge in [0.25, 0.3) is 0 Å². The van der Waals surface area contributed by atoms with E-state index in [9.17, 15) is 24.7 Å². The molecule has 4 rings (SSSR count). The zero-order valence-corrected chi connectivity index (χ0v) is 15.4. The Morgan fingerprint density at radius 1 is 1.36 bits per heavy atom. The smallest absolute Gasteiger partial charge is 0.430 e. The largest absolute Gasteiger partial charge is 0.669 e. The minimum atomic E-state index is -3.10. The van der Waals surface area contributed by atoms with Crippen molar-refractivity contribution in [1.29, 1.82) is 0 Å². The fraction of sp³-hybridized carbons (Fsp3) is 0.556. The molecule has 1 aromatic carbocycles. The predicted molar refractivity (Wildman–Crippen MR) is 96.7 cm³/mol. The van der Waals surface area contributed by atoms with Crippen LogP contribution in [0.15, 0.2) is 12.1 Å². The van der Waals surface area contributed by atoms with Gasteiger partial charge in [-0.2, -0.15) is 0 Å². The maximum absolute atomic E-state index is 12.3. The number of carboxylic acids is 1. The number of carbonyl (C=O) groups excluding carboxylic acids is 2. The van der Waals surface area contributed by atoms with Crippen LogP contribution >= 0.6 is 0 Å². The number of nitrogens with one attached hydrogen (secondary N) is 1. The number of hydrogen-bond donors (Lipinski definition) is 3. The van der Waals surface area contributed by atoms with Crippen LogP contribution in [0, 0.1) is 5.92 Å². The summed E-state index contributed by atoms with van der Waals surface area (Å²) in [6.45, 7) is -0.520. The van der Waals surface area contributed by atoms with Crippen LogP contribution in [0.3, 0.4) is 0 Å². The van der Waals surface area contributed by atoms with Gasteiger partial charge in [0.1, 0.15) is 11.9 Å². The number of amides is 1. The first-order valence-electron chi connectivity index (χ1n) is 9.64. The number of ether oxygens (including phenoxy) is 1. The SMILES string of the molecule is O=C([O-])c1c(OC2CN(C(=O)C[C@H]3CCNC3)C2)ccc2c1O[B-](O)(O)CC2. The molecule has 3 heterocycles. The average Bonchev–Trinajstić information content (AvgIpc) is 3.08. The molecule has 3 aliphatic rings. The fourth-order valence-electron chi connectivity index (χ4n) is 3.98. The van der Waals surface area contributed by atoms with Crippen molar-refractivity contribution in [3.8, 4) is 11.5 Å². The van der Waals surface area contributed by atoms with Gasteiger partial charge >= 0.3 is 6.75 Å². The summed E-state index contributed by atoms with van der Waals surface area (Å²) < 4.78 is 10.9. The Kier molecular flexibility index (Phi) is 4.94. The molecule has 152 valence electrons. The summed E-state index contributed by atoms with van der Waals surface area (Å²) in [4.78, 5) is 25.6. The van der Waals surface area contributed by atoms with Crippen LogP contribution in [0.2, 0.25) is 6.32 Å². The second-order valence-electron chi connectivity index (χ2n) is 7.83. The molecule has 1 atom stereocenters. The quantitative estimate of drug-likeness (QED) is 0.518. The zero-order chi connectivity index (χ0) is 19.9. The van der Waals surface area contributed by atoms with Gasteiger partial charge < -0.3 is 39.6 Å². The molecule has 9 nitrogen and oxygen atoms in total. The standard InChI is InChI=1S/C18H24BN2O7/c22-15(7-11-4-6-20-8-11)21-9-13(10-21)27-14-2-1-12-3-5-19(25,26)28-17(12)16(14)18(23)24/h1-2,11,13,20,25-26H,3-10H2,(H,23,24)/q-1/p-1/t11-/m1/s1. The van der Waals surface area contributed by atoms with Crippen molar-refractivity contribution in [1.82, 2.24) is 10.2 Å². The van der Waals surface area contributed by atoms with Gasteiger partial charge in [0, 0.05) is 6.42 Å². The Bertz CT molecular complexity index is 788. The fourth-order valence-corrected chi connectivity index (χ4v) is 3.98. The highest BCUT2D eigenvalue weighted by Gasteiger charge is 2.35. The van der Waals surface area contributed by atoms with Gasteiger partial charge in [-0.25, -0.2) is 0 Å². The van der Waals surface area contributed by atoms with Crippen molar-refractivity contribution in [2.75, 3.05) is 26.2 Å². The number of aromatic carboxylic acids is 1. The molecule has 3 aliphatic heterocycles. The number of likely N-dealkylation sites (tertiary alicyclic amines) is 1. The van der Waals surface area contributed by atoms with Crippen LogP contribution in [0.5, 0.6) is 11.5 Å². The van der Waals surface area contributed by atoms with Crippen LogP contribution in [0.4, 0.5) is 0 Å². The Labute approximate surface area is 162 Å². The molecule has 0 aromatic heterocycles. The highest BCUT2D eigenvalue weighted by molar-refractivity contribution is 6.59. The first kappa shape index (κ1) is 19.0. The molecule has 0 radical (unpaired) electrons. The van der Waals surface area contributed by atoms with Gasteiger partial charge in [-0.15, -0.1) is 0 Å². The van der Waals surface area contributed by atoms with Crippen LogP contribution < -0.4 is 19.8 Å². The summed E-state index contributed by atoms with van der Waals surface area (Å²) in [5.41, 5.74) is 0.232. The molecule has 1 amide bonds. The summed E-state index contributed by atoms with van der Waals surface area (Å²) in [6.07, 6.45) is 1.46. The third-order valence-corrected chi connectivity index (χ3v) is 5.62. The van der Waals surface area contributed by atoms with Crippen molar-refractivity contribution >= 4 is 18.6 Å². The first-order valence-corrected chi connectivity index (χ1v) is 9.64. The number of hydrogen-bond acceptors (Lipinski definition) is 8. The van der Waals surface area contributed by atoms with E-state index in [-0.39, 0.29) is 41.8 Å². The normalized spacial score (nSPS) is 23.5. The van der Waals surface area contributed by atoms with E-state index in [1.165, 1.54) is 6.07 Å². The van der Waals surface area contributed by atoms with Gasteiger partial charge in [0.15, 0.2) is 0 Å². The minimum absolute atomic E-state index is 0.00407. The molecule has 2 saturated heterocycles. The van der Waals surface area contributed by atoms with Gasteiger partial charge in [0.05, 0.1) is 30.4 Å². The maximum Gasteiger partial charge on any atom is 0.430 e. The molecule has 0 bridgehead atoms. The predicted octanol–water partition coefficient (Wildman–Crippen LogP) is -1.50. The molecule has 0 aliphatic carbocycles. The van der Waals surface area contributed by atoms with Crippen molar-refractivity contribution < 1.29 is 34.1 Å². The number of aryl methyl sites for hydroxylation is 1. The maximum atomic E-state index is 12.3. The van der Waals surface area contributed by atoms with Gasteiger partial charge in [0.2, 0.25) is 5.91 Å². The molecule has 1 aromatic rings. The van der Waals surface area contributed by atoms with Gasteiger partial charge in [-0.05, 0) is 43.5 Å². The van der Waals surface area contributed by atoms with E-state index in [0.717, 1.165) is 19.5 Å². The molecule has 0 unspecified atom stereocenters. The second-order valence-corrected chi connectivity index (χ2v) is 7.83. The van der Waals surface area contributed by atoms with Gasteiger partial charge in [-0.3, -0.25) is 4.79 Å². The first-order chi connectivity index (χ1) is 13.3. The number of benzene rings is 1. The van der Waals surface area contributed by atoms with Crippen LogP contribution in [0.1, 0.15) is 28.8 Å². The molecule has 10 heteroatoms. The van der Waals surface area contributed by atoms with Crippen LogP contribution in [0.25, 0.3) is 0 Å². The molecule has 0 spiro atoms. The van der Waals surface area contributed by atoms with Crippen molar-refractivity contribution in [3.05, 3.63) is 23.3 Å². The lowest BCUT2D eigenvalue weighted by atomic mass is 9.70. The highest BCUT2D eigenvalue weighted by Crippen LogP contribution is 2.38. The number of rotatable bonds is 5. The molecular weight excluding hydrogens is 367 g/mol. The Morgan fingerprint density at radius 3 is 2.82 bits per heavy atom. The summed E-state index contributed by atoms with van der Waals surface area (Å²) >= 11 is 0. The summed E-state index contributed by atoms with van der Waals surface area (Å²) in [6, 6.07) is 3.17. The zero-order valence-electron chi connectivity index (χ0n) is 15.4. The Balaban J connectivity index is 1.42. The number of carbonyl (C=O) groups is 2. The summed E-state index contributed by atoms with van der Waals surface area (Å²) in [5.74, 6) is -1.13. The number of fused-ring (bicyclic) bond motifs is 1. The summed E-state index contributed by atoms with van der Waals surface area (Å²) in [5, 5.41) is 34.4. The van der Waals surface area contributed by atoms with E-state index in [1.54, 1.807) is 11.0 Å². The lowest BCUT2D eigenvalue weighted by molar-refractivity contribution is -0.255. The molecule has 3 N–H and O–H groups in total. The van der Waals surface area contributed by atoms with E-state index in [1.807, 2.05) is 0 Å². The van der Waals surface area contributed by atoms with Crippen molar-refractivity contribution in [3.63, 3.8) is 0 Å². The summed E-state index contributed by atoms with van der Waals surface area (Å²) in [7, 11) is 0. The monoisotopic (exact) mass is 390 g/mol. The topological polar surface area (TPSA) is 131 Å². The Morgan fingerprint density at radius 2 is 2.14 bits per heavy atom. The molecule has 2 fully saturated rings.